The van der Waals surface area contributed by atoms with Gasteiger partial charge in [-0.3, -0.25) is 9.36 Å². The molecule has 1 amide bonds. The van der Waals surface area contributed by atoms with Gasteiger partial charge < -0.3 is 10.4 Å². The Morgan fingerprint density at radius 1 is 1.23 bits per heavy atom. The molecule has 6 nitrogen and oxygen atoms in total. The molecule has 0 aliphatic heterocycles. The first kappa shape index (κ1) is 17.8. The Hall–Kier alpha value is -3.00. The second kappa shape index (κ2) is 7.09. The second-order valence-corrected chi connectivity index (χ2v) is 5.82. The smallest absolute Gasteiger partial charge is 0.404 e. The van der Waals surface area contributed by atoms with Crippen LogP contribution >= 0.6 is 11.6 Å². The maximum Gasteiger partial charge on any atom is 0.404 e. The van der Waals surface area contributed by atoms with Gasteiger partial charge in [-0.2, -0.15) is 0 Å². The van der Waals surface area contributed by atoms with Gasteiger partial charge in [0.25, 0.3) is 5.56 Å². The van der Waals surface area contributed by atoms with Crippen molar-refractivity contribution in [2.24, 2.45) is 0 Å². The normalized spacial score (nSPS) is 10.9. The van der Waals surface area contributed by atoms with Crippen LogP contribution in [0.25, 0.3) is 16.6 Å². The topological polar surface area (TPSA) is 84.2 Å². The number of carbonyl (C=O) groups is 1. The fraction of sp³-hybridized carbons (Fsp3) is 0.118. The number of fused-ring (bicyclic) bond motifs is 1. The van der Waals surface area contributed by atoms with Crippen molar-refractivity contribution in [2.45, 2.75) is 6.42 Å². The Labute approximate surface area is 150 Å². The van der Waals surface area contributed by atoms with E-state index >= 15 is 0 Å². The highest BCUT2D eigenvalue weighted by molar-refractivity contribution is 6.35. The van der Waals surface area contributed by atoms with E-state index in [0.717, 1.165) is 16.7 Å². The summed E-state index contributed by atoms with van der Waals surface area (Å²) in [5, 5.41) is 11.1. The maximum absolute atomic E-state index is 13.6. The Balaban J connectivity index is 2.26. The summed E-state index contributed by atoms with van der Waals surface area (Å²) >= 11 is 6.09. The number of amides is 1. The molecule has 0 aliphatic carbocycles. The van der Waals surface area contributed by atoms with Crippen LogP contribution in [-0.2, 0) is 6.42 Å². The van der Waals surface area contributed by atoms with Crippen LogP contribution in [0.15, 0.2) is 41.2 Å². The van der Waals surface area contributed by atoms with Crippen molar-refractivity contribution in [1.29, 1.82) is 0 Å². The van der Waals surface area contributed by atoms with Crippen LogP contribution < -0.4 is 10.9 Å². The minimum absolute atomic E-state index is 0.0299. The Morgan fingerprint density at radius 3 is 2.58 bits per heavy atom. The van der Waals surface area contributed by atoms with E-state index in [0.29, 0.717) is 11.6 Å². The van der Waals surface area contributed by atoms with Crippen molar-refractivity contribution in [3.63, 3.8) is 0 Å². The molecular formula is C17H12ClF2N3O3. The zero-order valence-corrected chi connectivity index (χ0v) is 13.9. The van der Waals surface area contributed by atoms with Crippen LogP contribution in [0.4, 0.5) is 13.6 Å². The Kier molecular flexibility index (Phi) is 4.85. The Bertz CT molecular complexity index is 1050. The summed E-state index contributed by atoms with van der Waals surface area (Å²) in [4.78, 5) is 27.9. The fourth-order valence-corrected chi connectivity index (χ4v) is 2.87. The first-order chi connectivity index (χ1) is 12.4. The van der Waals surface area contributed by atoms with Gasteiger partial charge in [-0.05, 0) is 24.3 Å². The zero-order valence-electron chi connectivity index (χ0n) is 13.2. The van der Waals surface area contributed by atoms with E-state index in [-0.39, 0.29) is 34.9 Å². The number of rotatable bonds is 4. The summed E-state index contributed by atoms with van der Waals surface area (Å²) < 4.78 is 28.3. The minimum Gasteiger partial charge on any atom is -0.465 e. The van der Waals surface area contributed by atoms with Gasteiger partial charge in [0.2, 0.25) is 0 Å². The fourth-order valence-electron chi connectivity index (χ4n) is 2.62. The molecular weight excluding hydrogens is 368 g/mol. The van der Waals surface area contributed by atoms with Crippen molar-refractivity contribution < 1.29 is 18.7 Å². The van der Waals surface area contributed by atoms with Crippen LogP contribution in [0.1, 0.15) is 5.82 Å². The monoisotopic (exact) mass is 379 g/mol. The van der Waals surface area contributed by atoms with Gasteiger partial charge in [0.1, 0.15) is 17.5 Å². The molecule has 0 aliphatic rings. The van der Waals surface area contributed by atoms with Crippen LogP contribution in [0.2, 0.25) is 5.02 Å². The van der Waals surface area contributed by atoms with E-state index < -0.39 is 23.3 Å². The Morgan fingerprint density at radius 2 is 1.92 bits per heavy atom. The van der Waals surface area contributed by atoms with Crippen LogP contribution in [0.3, 0.4) is 0 Å². The first-order valence-corrected chi connectivity index (χ1v) is 7.88. The van der Waals surface area contributed by atoms with Gasteiger partial charge in [-0.15, -0.1) is 0 Å². The van der Waals surface area contributed by atoms with Crippen molar-refractivity contribution in [3.8, 4) is 5.69 Å². The van der Waals surface area contributed by atoms with E-state index in [2.05, 4.69) is 10.3 Å². The van der Waals surface area contributed by atoms with Gasteiger partial charge in [0, 0.05) is 19.0 Å². The van der Waals surface area contributed by atoms with Crippen molar-refractivity contribution in [3.05, 3.63) is 69.2 Å². The molecule has 1 heterocycles. The molecule has 1 aromatic heterocycles. The van der Waals surface area contributed by atoms with Crippen LogP contribution in [0, 0.1) is 11.6 Å². The summed E-state index contributed by atoms with van der Waals surface area (Å²) in [6, 6.07) is 7.36. The summed E-state index contributed by atoms with van der Waals surface area (Å²) in [5.74, 6) is -1.58. The lowest BCUT2D eigenvalue weighted by Gasteiger charge is -2.14. The summed E-state index contributed by atoms with van der Waals surface area (Å²) in [6.45, 7) is -0.0361. The number of carboxylic acid groups (broad SMARTS) is 1. The largest absolute Gasteiger partial charge is 0.465 e. The third-order valence-electron chi connectivity index (χ3n) is 3.65. The SMILES string of the molecule is O=C(O)NCCc1nc2cccc(Cl)c2c(=O)n1-c1cc(F)cc(F)c1. The van der Waals surface area contributed by atoms with Gasteiger partial charge in [0.05, 0.1) is 21.6 Å². The van der Waals surface area contributed by atoms with Gasteiger partial charge >= 0.3 is 6.09 Å². The first-order valence-electron chi connectivity index (χ1n) is 7.50. The molecule has 0 saturated heterocycles. The van der Waals surface area contributed by atoms with Gasteiger partial charge in [0.15, 0.2) is 0 Å². The molecule has 26 heavy (non-hydrogen) atoms. The molecule has 2 aromatic carbocycles. The molecule has 134 valence electrons. The summed E-state index contributed by atoms with van der Waals surface area (Å²) in [6.07, 6.45) is -1.21. The van der Waals surface area contributed by atoms with E-state index in [9.17, 15) is 18.4 Å². The van der Waals surface area contributed by atoms with E-state index in [1.165, 1.54) is 6.07 Å². The molecule has 0 atom stereocenters. The highest BCUT2D eigenvalue weighted by atomic mass is 35.5. The highest BCUT2D eigenvalue weighted by Crippen LogP contribution is 2.21. The molecule has 0 unspecified atom stereocenters. The quantitative estimate of drug-likeness (QED) is 0.729. The van der Waals surface area contributed by atoms with Gasteiger partial charge in [-0.1, -0.05) is 17.7 Å². The van der Waals surface area contributed by atoms with Crippen molar-refractivity contribution >= 4 is 28.6 Å². The third-order valence-corrected chi connectivity index (χ3v) is 3.96. The van der Waals surface area contributed by atoms with Gasteiger partial charge in [-0.25, -0.2) is 18.6 Å². The standard InChI is InChI=1S/C17H12ClF2N3O3/c18-12-2-1-3-13-15(12)16(24)23(11-7-9(19)6-10(20)8-11)14(22-13)4-5-21-17(25)26/h1-3,6-8,21H,4-5H2,(H,25,26). The zero-order chi connectivity index (χ0) is 18.8. The number of halogens is 3. The molecule has 0 saturated carbocycles. The lowest BCUT2D eigenvalue weighted by atomic mass is 10.2. The van der Waals surface area contributed by atoms with E-state index in [4.69, 9.17) is 16.7 Å². The number of aromatic nitrogens is 2. The maximum atomic E-state index is 13.6. The lowest BCUT2D eigenvalue weighted by molar-refractivity contribution is 0.194. The average molecular weight is 380 g/mol. The van der Waals surface area contributed by atoms with Crippen LogP contribution in [-0.4, -0.2) is 27.3 Å². The molecule has 3 rings (SSSR count). The number of hydrogen-bond acceptors (Lipinski definition) is 3. The number of nitrogens with zero attached hydrogens (tertiary/aromatic N) is 2. The average Bonchev–Trinajstić information content (AvgIpc) is 2.53. The highest BCUT2D eigenvalue weighted by Gasteiger charge is 2.16. The summed E-state index contributed by atoms with van der Waals surface area (Å²) in [7, 11) is 0. The lowest BCUT2D eigenvalue weighted by Crippen LogP contribution is -2.29. The predicted octanol–water partition coefficient (Wildman–Crippen LogP) is 3.13. The molecule has 0 radical (unpaired) electrons. The molecule has 3 aromatic rings. The van der Waals surface area contributed by atoms with Crippen LogP contribution in [0.5, 0.6) is 0 Å². The molecule has 0 fully saturated rings. The van der Waals surface area contributed by atoms with Crippen molar-refractivity contribution in [2.75, 3.05) is 6.54 Å². The van der Waals surface area contributed by atoms with E-state index in [1.807, 2.05) is 0 Å². The molecule has 0 spiro atoms. The number of hydrogen-bond donors (Lipinski definition) is 2. The number of benzene rings is 2. The minimum atomic E-state index is -1.24. The second-order valence-electron chi connectivity index (χ2n) is 5.41. The molecule has 2 N–H and O–H groups in total. The number of nitrogens with one attached hydrogen (secondary N) is 1. The summed E-state index contributed by atoms with van der Waals surface area (Å²) in [5.41, 5.74) is -0.357. The van der Waals surface area contributed by atoms with E-state index in [1.54, 1.807) is 12.1 Å². The molecule has 9 heteroatoms. The predicted molar refractivity (Wildman–Crippen MR) is 92.0 cm³/mol. The third kappa shape index (κ3) is 3.50. The van der Waals surface area contributed by atoms with Crippen molar-refractivity contribution in [1.82, 2.24) is 14.9 Å². The molecule has 0 bridgehead atoms.